The summed E-state index contributed by atoms with van der Waals surface area (Å²) in [5.41, 5.74) is 1.97. The van der Waals surface area contributed by atoms with E-state index < -0.39 is 0 Å². The van der Waals surface area contributed by atoms with Gasteiger partial charge in [0.15, 0.2) is 0 Å². The van der Waals surface area contributed by atoms with Gasteiger partial charge in [0.2, 0.25) is 0 Å². The second-order valence-corrected chi connectivity index (χ2v) is 5.72. The van der Waals surface area contributed by atoms with Crippen LogP contribution < -0.4 is 5.32 Å². The fourth-order valence-corrected chi connectivity index (χ4v) is 2.66. The third-order valence-electron chi connectivity index (χ3n) is 2.06. The molecule has 0 fully saturated rings. The van der Waals surface area contributed by atoms with E-state index in [-0.39, 0.29) is 0 Å². The Kier molecular flexibility index (Phi) is 3.84. The van der Waals surface area contributed by atoms with Gasteiger partial charge in [-0.1, -0.05) is 27.5 Å². The van der Waals surface area contributed by atoms with Crippen molar-refractivity contribution in [2.24, 2.45) is 0 Å². The number of nitrogens with zero attached hydrogens (tertiary/aromatic N) is 1. The normalized spacial score (nSPS) is 10.4. The standard InChI is InChI=1S/C11H10BrClN2S/c1-7-15-9(6-16-7)5-14-11-3-2-8(12)4-10(11)13/h2-4,6,14H,5H2,1H3. The smallest absolute Gasteiger partial charge is 0.0898 e. The van der Waals surface area contributed by atoms with Gasteiger partial charge in [-0.05, 0) is 25.1 Å². The Morgan fingerprint density at radius 2 is 2.31 bits per heavy atom. The van der Waals surface area contributed by atoms with Gasteiger partial charge in [-0.25, -0.2) is 4.98 Å². The van der Waals surface area contributed by atoms with Crippen LogP contribution in [-0.2, 0) is 6.54 Å². The fraction of sp³-hybridized carbons (Fsp3) is 0.182. The van der Waals surface area contributed by atoms with E-state index in [1.165, 1.54) is 0 Å². The van der Waals surface area contributed by atoms with Crippen LogP contribution in [0.2, 0.25) is 5.02 Å². The molecule has 0 saturated heterocycles. The van der Waals surface area contributed by atoms with E-state index in [4.69, 9.17) is 11.6 Å². The number of aryl methyl sites for hydroxylation is 1. The average Bonchev–Trinajstić information content (AvgIpc) is 2.63. The molecule has 0 bridgehead atoms. The lowest BCUT2D eigenvalue weighted by Gasteiger charge is -2.06. The highest BCUT2D eigenvalue weighted by atomic mass is 79.9. The maximum absolute atomic E-state index is 6.09. The summed E-state index contributed by atoms with van der Waals surface area (Å²) in [7, 11) is 0. The molecule has 1 heterocycles. The second kappa shape index (κ2) is 5.17. The van der Waals surface area contributed by atoms with E-state index in [2.05, 4.69) is 31.6 Å². The summed E-state index contributed by atoms with van der Waals surface area (Å²) in [5.74, 6) is 0. The molecule has 2 aromatic rings. The SMILES string of the molecule is Cc1nc(CNc2ccc(Br)cc2Cl)cs1. The van der Waals surface area contributed by atoms with Crippen LogP contribution in [0.15, 0.2) is 28.1 Å². The van der Waals surface area contributed by atoms with E-state index in [0.717, 1.165) is 20.9 Å². The number of nitrogens with one attached hydrogen (secondary N) is 1. The maximum Gasteiger partial charge on any atom is 0.0898 e. The summed E-state index contributed by atoms with van der Waals surface area (Å²) in [4.78, 5) is 4.38. The van der Waals surface area contributed by atoms with Crippen LogP contribution in [0.4, 0.5) is 5.69 Å². The molecule has 1 N–H and O–H groups in total. The summed E-state index contributed by atoms with van der Waals surface area (Å²) in [6.45, 7) is 2.70. The van der Waals surface area contributed by atoms with Gasteiger partial charge in [0.25, 0.3) is 0 Å². The predicted molar refractivity (Wildman–Crippen MR) is 73.3 cm³/mol. The number of halogens is 2. The zero-order valence-corrected chi connectivity index (χ0v) is 11.8. The van der Waals surface area contributed by atoms with Crippen molar-refractivity contribution in [3.8, 4) is 0 Å². The largest absolute Gasteiger partial charge is 0.378 e. The van der Waals surface area contributed by atoms with E-state index in [1.807, 2.05) is 25.1 Å². The number of hydrogen-bond donors (Lipinski definition) is 1. The molecule has 84 valence electrons. The first kappa shape index (κ1) is 11.9. The Morgan fingerprint density at radius 1 is 1.50 bits per heavy atom. The van der Waals surface area contributed by atoms with Crippen molar-refractivity contribution in [3.05, 3.63) is 43.8 Å². The molecule has 2 nitrogen and oxygen atoms in total. The summed E-state index contributed by atoms with van der Waals surface area (Å²) >= 11 is 11.1. The maximum atomic E-state index is 6.09. The van der Waals surface area contributed by atoms with E-state index in [1.54, 1.807) is 11.3 Å². The molecule has 0 spiro atoms. The minimum absolute atomic E-state index is 0.700. The highest BCUT2D eigenvalue weighted by Crippen LogP contribution is 2.26. The van der Waals surface area contributed by atoms with E-state index in [9.17, 15) is 0 Å². The van der Waals surface area contributed by atoms with Gasteiger partial charge >= 0.3 is 0 Å². The van der Waals surface area contributed by atoms with Crippen LogP contribution in [0.5, 0.6) is 0 Å². The van der Waals surface area contributed by atoms with Crippen molar-refractivity contribution in [2.45, 2.75) is 13.5 Å². The van der Waals surface area contributed by atoms with Crippen LogP contribution in [-0.4, -0.2) is 4.98 Å². The van der Waals surface area contributed by atoms with E-state index >= 15 is 0 Å². The van der Waals surface area contributed by atoms with E-state index in [0.29, 0.717) is 11.6 Å². The molecule has 0 atom stereocenters. The molecule has 1 aromatic carbocycles. The summed E-state index contributed by atoms with van der Waals surface area (Å²) < 4.78 is 0.979. The Labute approximate surface area is 112 Å². The van der Waals surface area contributed by atoms with Crippen molar-refractivity contribution < 1.29 is 0 Å². The number of hydrogen-bond acceptors (Lipinski definition) is 3. The number of thiazole rings is 1. The zero-order valence-electron chi connectivity index (χ0n) is 8.63. The minimum atomic E-state index is 0.700. The van der Waals surface area contributed by atoms with Crippen LogP contribution in [0.25, 0.3) is 0 Å². The summed E-state index contributed by atoms with van der Waals surface area (Å²) in [5, 5.41) is 7.10. The zero-order chi connectivity index (χ0) is 11.5. The van der Waals surface area contributed by atoms with Gasteiger partial charge in [0.1, 0.15) is 0 Å². The molecule has 2 rings (SSSR count). The molecule has 0 saturated carbocycles. The first-order valence-corrected chi connectivity index (χ1v) is 6.80. The second-order valence-electron chi connectivity index (χ2n) is 3.34. The van der Waals surface area contributed by atoms with Crippen LogP contribution >= 0.6 is 38.9 Å². The molecule has 0 radical (unpaired) electrons. The minimum Gasteiger partial charge on any atom is -0.378 e. The predicted octanol–water partition coefficient (Wildman–Crippen LogP) is 4.48. The Balaban J connectivity index is 2.04. The lowest BCUT2D eigenvalue weighted by molar-refractivity contribution is 1.05. The molecular formula is C11H10BrClN2S. The molecule has 0 aliphatic carbocycles. The average molecular weight is 318 g/mol. The van der Waals surface area contributed by atoms with Crippen molar-refractivity contribution >= 4 is 44.6 Å². The van der Waals surface area contributed by atoms with Crippen molar-refractivity contribution in [2.75, 3.05) is 5.32 Å². The monoisotopic (exact) mass is 316 g/mol. The van der Waals surface area contributed by atoms with Gasteiger partial charge in [0.05, 0.1) is 28.0 Å². The fourth-order valence-electron chi connectivity index (χ4n) is 1.31. The van der Waals surface area contributed by atoms with Gasteiger partial charge in [-0.2, -0.15) is 0 Å². The number of anilines is 1. The highest BCUT2D eigenvalue weighted by molar-refractivity contribution is 9.10. The quantitative estimate of drug-likeness (QED) is 0.903. The van der Waals surface area contributed by atoms with Gasteiger partial charge < -0.3 is 5.32 Å². The third-order valence-corrected chi connectivity index (χ3v) is 3.69. The summed E-state index contributed by atoms with van der Waals surface area (Å²) in [6, 6.07) is 5.78. The lowest BCUT2D eigenvalue weighted by atomic mass is 10.3. The van der Waals surface area contributed by atoms with Crippen LogP contribution in [0, 0.1) is 6.92 Å². The molecular weight excluding hydrogens is 308 g/mol. The first-order chi connectivity index (χ1) is 7.65. The summed E-state index contributed by atoms with van der Waals surface area (Å²) in [6.07, 6.45) is 0. The number of rotatable bonds is 3. The van der Waals surface area contributed by atoms with Gasteiger partial charge in [-0.15, -0.1) is 11.3 Å². The Morgan fingerprint density at radius 3 is 2.94 bits per heavy atom. The first-order valence-electron chi connectivity index (χ1n) is 4.75. The number of benzene rings is 1. The molecule has 1 aromatic heterocycles. The molecule has 0 aliphatic rings. The van der Waals surface area contributed by atoms with Crippen LogP contribution in [0.1, 0.15) is 10.7 Å². The lowest BCUT2D eigenvalue weighted by Crippen LogP contribution is -2.00. The van der Waals surface area contributed by atoms with Crippen molar-refractivity contribution in [3.63, 3.8) is 0 Å². The molecule has 0 unspecified atom stereocenters. The van der Waals surface area contributed by atoms with Crippen molar-refractivity contribution in [1.82, 2.24) is 4.98 Å². The molecule has 16 heavy (non-hydrogen) atoms. The molecule has 5 heteroatoms. The topological polar surface area (TPSA) is 24.9 Å². The molecule has 0 aliphatic heterocycles. The Bertz CT molecular complexity index is 498. The van der Waals surface area contributed by atoms with Gasteiger partial charge in [-0.3, -0.25) is 0 Å². The third kappa shape index (κ3) is 2.97. The van der Waals surface area contributed by atoms with Crippen molar-refractivity contribution in [1.29, 1.82) is 0 Å². The Hall–Kier alpha value is -0.580. The van der Waals surface area contributed by atoms with Gasteiger partial charge in [0, 0.05) is 9.85 Å². The number of aromatic nitrogens is 1. The highest BCUT2D eigenvalue weighted by Gasteiger charge is 2.02. The molecule has 0 amide bonds. The van der Waals surface area contributed by atoms with Crippen LogP contribution in [0.3, 0.4) is 0 Å².